The number of carbonyl (C=O) groups excluding carboxylic acids is 1. The van der Waals surface area contributed by atoms with Crippen LogP contribution in [0, 0.1) is 0 Å². The van der Waals surface area contributed by atoms with Crippen molar-refractivity contribution < 1.29 is 9.21 Å². The molecule has 0 bridgehead atoms. The van der Waals surface area contributed by atoms with Crippen molar-refractivity contribution in [1.82, 2.24) is 15.3 Å². The molecule has 2 heterocycles. The highest BCUT2D eigenvalue weighted by molar-refractivity contribution is 6.38. The normalized spacial score (nSPS) is 12.0. The number of fused-ring (bicyclic) bond motifs is 1. The summed E-state index contributed by atoms with van der Waals surface area (Å²) < 4.78 is 5.59. The third kappa shape index (κ3) is 5.69. The first kappa shape index (κ1) is 24.0. The Bertz CT molecular complexity index is 1260. The molecule has 0 saturated carbocycles. The van der Waals surface area contributed by atoms with E-state index in [0.29, 0.717) is 46.7 Å². The van der Waals surface area contributed by atoms with E-state index in [2.05, 4.69) is 10.3 Å². The number of aryl methyl sites for hydroxylation is 1. The van der Waals surface area contributed by atoms with Crippen molar-refractivity contribution in [2.24, 2.45) is 0 Å². The second-order valence-electron chi connectivity index (χ2n) is 8.05. The van der Waals surface area contributed by atoms with Crippen LogP contribution in [0.15, 0.2) is 65.3 Å². The fourth-order valence-electron chi connectivity index (χ4n) is 3.81. The zero-order valence-electron chi connectivity index (χ0n) is 19.1. The molecule has 0 saturated heterocycles. The number of furan rings is 1. The molecule has 0 aliphatic rings. The highest BCUT2D eigenvalue weighted by Crippen LogP contribution is 2.33. The van der Waals surface area contributed by atoms with E-state index in [4.69, 9.17) is 32.6 Å². The summed E-state index contributed by atoms with van der Waals surface area (Å²) in [7, 11) is 0. The maximum Gasteiger partial charge on any atom is 0.222 e. The second kappa shape index (κ2) is 10.9. The number of nitrogens with one attached hydrogen (secondary N) is 1. The number of hydrogen-bond donors (Lipinski definition) is 1. The summed E-state index contributed by atoms with van der Waals surface area (Å²) in [6.45, 7) is 4.83. The number of hydrogen-bond acceptors (Lipinski definition) is 5. The average molecular weight is 497 g/mol. The number of carbonyl (C=O) groups is 1. The maximum atomic E-state index is 12.8. The fourth-order valence-corrected chi connectivity index (χ4v) is 4.35. The van der Waals surface area contributed by atoms with Gasteiger partial charge in [0.1, 0.15) is 17.4 Å². The Morgan fingerprint density at radius 2 is 1.91 bits per heavy atom. The van der Waals surface area contributed by atoms with Crippen LogP contribution >= 0.6 is 23.2 Å². The Labute approximate surface area is 208 Å². The monoisotopic (exact) mass is 496 g/mol. The lowest BCUT2D eigenvalue weighted by Gasteiger charge is -2.25. The Hall–Kier alpha value is -3.09. The van der Waals surface area contributed by atoms with Gasteiger partial charge in [0, 0.05) is 29.8 Å². The third-order valence-corrected chi connectivity index (χ3v) is 6.08. The second-order valence-corrected chi connectivity index (χ2v) is 8.90. The molecule has 0 aliphatic heterocycles. The number of anilines is 1. The molecule has 176 valence electrons. The van der Waals surface area contributed by atoms with Crippen molar-refractivity contribution in [2.75, 3.05) is 11.4 Å². The summed E-state index contributed by atoms with van der Waals surface area (Å²) in [5.74, 6) is 2.05. The van der Waals surface area contributed by atoms with Gasteiger partial charge in [0.25, 0.3) is 0 Å². The number of rotatable bonds is 9. The maximum absolute atomic E-state index is 12.8. The van der Waals surface area contributed by atoms with Gasteiger partial charge in [-0.05, 0) is 36.8 Å². The van der Waals surface area contributed by atoms with E-state index < -0.39 is 0 Å². The van der Waals surface area contributed by atoms with Gasteiger partial charge in [-0.25, -0.2) is 9.97 Å². The minimum atomic E-state index is -0.0867. The summed E-state index contributed by atoms with van der Waals surface area (Å²) in [6.07, 6.45) is 2.55. The standard InChI is InChI=1S/C26H26Cl2N4O2/c1-3-23-30-25-21(14-19(27)15-22(25)28)26(31-23)32(16-20-10-7-13-34-20)12-11-24(33)29-17(2)18-8-5-4-6-9-18/h4-10,13-15,17H,3,11-12,16H2,1-2H3,(H,29,33)/t17-/m0/s1. The first-order valence-electron chi connectivity index (χ1n) is 11.2. The lowest BCUT2D eigenvalue weighted by atomic mass is 10.1. The van der Waals surface area contributed by atoms with Crippen LogP contribution in [0.3, 0.4) is 0 Å². The Balaban J connectivity index is 1.62. The zero-order chi connectivity index (χ0) is 24.1. The van der Waals surface area contributed by atoms with Crippen molar-refractivity contribution in [3.63, 3.8) is 0 Å². The fraction of sp³-hybridized carbons (Fsp3) is 0.269. The zero-order valence-corrected chi connectivity index (χ0v) is 20.6. The molecule has 1 amide bonds. The van der Waals surface area contributed by atoms with E-state index in [-0.39, 0.29) is 18.4 Å². The average Bonchev–Trinajstić information content (AvgIpc) is 3.35. The molecular weight excluding hydrogens is 471 g/mol. The highest BCUT2D eigenvalue weighted by Gasteiger charge is 2.20. The smallest absolute Gasteiger partial charge is 0.222 e. The molecule has 0 radical (unpaired) electrons. The number of amides is 1. The van der Waals surface area contributed by atoms with Crippen LogP contribution in [0.4, 0.5) is 5.82 Å². The molecule has 2 aromatic carbocycles. The molecule has 2 aromatic heterocycles. The minimum Gasteiger partial charge on any atom is -0.467 e. The number of nitrogens with zero attached hydrogens (tertiary/aromatic N) is 3. The quantitative estimate of drug-likeness (QED) is 0.291. The van der Waals surface area contributed by atoms with Gasteiger partial charge in [0.2, 0.25) is 5.91 Å². The van der Waals surface area contributed by atoms with Gasteiger partial charge in [-0.2, -0.15) is 0 Å². The van der Waals surface area contributed by atoms with Crippen LogP contribution in [-0.4, -0.2) is 22.4 Å². The van der Waals surface area contributed by atoms with Crippen LogP contribution in [0.5, 0.6) is 0 Å². The Kier molecular flexibility index (Phi) is 7.70. The van der Waals surface area contributed by atoms with Crippen molar-refractivity contribution in [2.45, 2.75) is 39.3 Å². The summed E-state index contributed by atoms with van der Waals surface area (Å²) >= 11 is 12.8. The van der Waals surface area contributed by atoms with E-state index in [1.165, 1.54) is 0 Å². The first-order valence-corrected chi connectivity index (χ1v) is 12.0. The van der Waals surface area contributed by atoms with E-state index in [1.807, 2.05) is 67.3 Å². The van der Waals surface area contributed by atoms with Crippen LogP contribution < -0.4 is 10.2 Å². The van der Waals surface area contributed by atoms with Crippen molar-refractivity contribution in [3.8, 4) is 0 Å². The van der Waals surface area contributed by atoms with E-state index >= 15 is 0 Å². The molecule has 6 nitrogen and oxygen atoms in total. The van der Waals surface area contributed by atoms with Gasteiger partial charge in [0.05, 0.1) is 29.4 Å². The Morgan fingerprint density at radius 3 is 2.62 bits per heavy atom. The number of aromatic nitrogens is 2. The van der Waals surface area contributed by atoms with Crippen LogP contribution in [0.25, 0.3) is 10.9 Å². The molecule has 0 fully saturated rings. The van der Waals surface area contributed by atoms with Crippen molar-refractivity contribution >= 4 is 45.8 Å². The molecule has 0 aliphatic carbocycles. The van der Waals surface area contributed by atoms with Crippen LogP contribution in [0.1, 0.15) is 43.5 Å². The SMILES string of the molecule is CCc1nc(N(CCC(=O)N[C@@H](C)c2ccccc2)Cc2ccco2)c2cc(Cl)cc(Cl)c2n1. The summed E-state index contributed by atoms with van der Waals surface area (Å²) in [5, 5.41) is 4.78. The van der Waals surface area contributed by atoms with Gasteiger partial charge in [-0.15, -0.1) is 0 Å². The molecule has 0 unspecified atom stereocenters. The topological polar surface area (TPSA) is 71.3 Å². The molecule has 0 spiro atoms. The molecule has 8 heteroatoms. The van der Waals surface area contributed by atoms with Gasteiger partial charge in [-0.3, -0.25) is 4.79 Å². The summed E-state index contributed by atoms with van der Waals surface area (Å²) in [5.41, 5.74) is 1.70. The highest BCUT2D eigenvalue weighted by atomic mass is 35.5. The lowest BCUT2D eigenvalue weighted by Crippen LogP contribution is -2.32. The summed E-state index contributed by atoms with van der Waals surface area (Å²) in [6, 6.07) is 17.0. The first-order chi connectivity index (χ1) is 16.4. The largest absolute Gasteiger partial charge is 0.467 e. The van der Waals surface area contributed by atoms with Gasteiger partial charge < -0.3 is 14.6 Å². The third-order valence-electron chi connectivity index (χ3n) is 5.57. The molecular formula is C26H26Cl2N4O2. The van der Waals surface area contributed by atoms with Gasteiger partial charge in [-0.1, -0.05) is 60.5 Å². The van der Waals surface area contributed by atoms with Gasteiger partial charge in [0.15, 0.2) is 0 Å². The molecule has 34 heavy (non-hydrogen) atoms. The van der Waals surface area contributed by atoms with Gasteiger partial charge >= 0.3 is 0 Å². The molecule has 4 aromatic rings. The molecule has 1 N–H and O–H groups in total. The van der Waals surface area contributed by atoms with Crippen LogP contribution in [0.2, 0.25) is 10.0 Å². The minimum absolute atomic E-state index is 0.0501. The predicted molar refractivity (Wildman–Crippen MR) is 136 cm³/mol. The van der Waals surface area contributed by atoms with Crippen LogP contribution in [-0.2, 0) is 17.8 Å². The van der Waals surface area contributed by atoms with E-state index in [1.54, 1.807) is 12.3 Å². The van der Waals surface area contributed by atoms with Crippen molar-refractivity contribution in [1.29, 1.82) is 0 Å². The lowest BCUT2D eigenvalue weighted by molar-refractivity contribution is -0.121. The van der Waals surface area contributed by atoms with E-state index in [9.17, 15) is 4.79 Å². The van der Waals surface area contributed by atoms with E-state index in [0.717, 1.165) is 16.7 Å². The molecule has 1 atom stereocenters. The predicted octanol–water partition coefficient (Wildman–Crippen LogP) is 6.37. The number of benzene rings is 2. The molecule has 4 rings (SSSR count). The Morgan fingerprint density at radius 1 is 1.12 bits per heavy atom. The van der Waals surface area contributed by atoms with Crippen molar-refractivity contribution in [3.05, 3.63) is 88.1 Å². The summed E-state index contributed by atoms with van der Waals surface area (Å²) in [4.78, 5) is 24.2. The number of halogens is 2.